The summed E-state index contributed by atoms with van der Waals surface area (Å²) in [5, 5.41) is 5.60. The number of alkyl carbamates (subject to hydrolysis) is 1. The Morgan fingerprint density at radius 1 is 1.20 bits per heavy atom. The number of ether oxygens (including phenoxy) is 2. The third-order valence-corrected chi connectivity index (χ3v) is 7.57. The predicted octanol–water partition coefficient (Wildman–Crippen LogP) is 3.58. The monoisotopic (exact) mass is 493 g/mol. The maximum Gasteiger partial charge on any atom is 0.407 e. The molecule has 2 heterocycles. The molecule has 0 radical (unpaired) electrons. The van der Waals surface area contributed by atoms with Crippen LogP contribution in [0.3, 0.4) is 0 Å². The van der Waals surface area contributed by atoms with Gasteiger partial charge in [0.25, 0.3) is 0 Å². The summed E-state index contributed by atoms with van der Waals surface area (Å²) in [6.07, 6.45) is 4.86. The molecular weight excluding hydrogens is 458 g/mol. The molecule has 0 bridgehead atoms. The van der Waals surface area contributed by atoms with Gasteiger partial charge in [-0.25, -0.2) is 4.79 Å². The average Bonchev–Trinajstić information content (AvgIpc) is 3.34. The highest BCUT2D eigenvalue weighted by molar-refractivity contribution is 6.08. The predicted molar refractivity (Wildman–Crippen MR) is 143 cm³/mol. The van der Waals surface area contributed by atoms with Gasteiger partial charge in [0.2, 0.25) is 5.91 Å². The van der Waals surface area contributed by atoms with Gasteiger partial charge in [-0.05, 0) is 47.4 Å². The van der Waals surface area contributed by atoms with Crippen molar-refractivity contribution in [1.29, 1.82) is 0 Å². The molecule has 0 spiro atoms. The van der Waals surface area contributed by atoms with Crippen LogP contribution in [0.4, 0.5) is 16.2 Å². The van der Waals surface area contributed by atoms with Crippen molar-refractivity contribution in [2.45, 2.75) is 51.0 Å². The fourth-order valence-electron chi connectivity index (χ4n) is 4.97. The molecule has 1 unspecified atom stereocenters. The molecule has 0 aromatic heterocycles. The molecule has 2 aliphatic rings. The minimum Gasteiger partial charge on any atom is -0.445 e. The van der Waals surface area contributed by atoms with Crippen LogP contribution in [0.5, 0.6) is 0 Å². The lowest BCUT2D eigenvalue weighted by Crippen LogP contribution is -2.51. The molecule has 4 rings (SSSR count). The first-order valence-electron chi connectivity index (χ1n) is 12.3. The van der Waals surface area contributed by atoms with E-state index >= 15 is 0 Å². The number of hydrogen-bond acceptors (Lipinski definition) is 5. The van der Waals surface area contributed by atoms with Gasteiger partial charge in [0.05, 0.1) is 6.61 Å². The van der Waals surface area contributed by atoms with E-state index in [1.54, 1.807) is 0 Å². The van der Waals surface area contributed by atoms with E-state index in [4.69, 9.17) is 9.47 Å². The number of rotatable bonds is 8. The maximum absolute atomic E-state index is 12.0. The van der Waals surface area contributed by atoms with Crippen LogP contribution in [0.15, 0.2) is 48.5 Å². The summed E-state index contributed by atoms with van der Waals surface area (Å²) in [5.74, 6) is -0.0871. The summed E-state index contributed by atoms with van der Waals surface area (Å²) in [4.78, 5) is 25.6. The number of nitrogens with zero attached hydrogens (tertiary/aromatic N) is 1. The Morgan fingerprint density at radius 2 is 1.97 bits per heavy atom. The third kappa shape index (κ3) is 4.99. The van der Waals surface area contributed by atoms with Crippen LogP contribution in [-0.2, 0) is 26.3 Å². The molecule has 186 valence electrons. The van der Waals surface area contributed by atoms with Crippen molar-refractivity contribution < 1.29 is 19.1 Å². The Hall–Kier alpha value is -3.10. The lowest BCUT2D eigenvalue weighted by Gasteiger charge is -2.39. The second kappa shape index (κ2) is 10.3. The minimum atomic E-state index is -0.605. The maximum atomic E-state index is 12.0. The molecule has 8 heteroatoms. The normalized spacial score (nSPS) is 20.0. The first kappa shape index (κ1) is 25.0. The molecule has 2 amide bonds. The molecule has 2 N–H and O–H groups in total. The second-order valence-corrected chi connectivity index (χ2v) is 10.7. The largest absolute Gasteiger partial charge is 0.445 e. The van der Waals surface area contributed by atoms with Gasteiger partial charge in [-0.15, -0.1) is 0 Å². The summed E-state index contributed by atoms with van der Waals surface area (Å²) in [6.45, 7) is 8.24. The summed E-state index contributed by atoms with van der Waals surface area (Å²) in [7, 11) is 1.15. The van der Waals surface area contributed by atoms with E-state index in [1.807, 2.05) is 30.3 Å². The highest BCUT2D eigenvalue weighted by Gasteiger charge is 2.59. The number of amides is 2. The molecule has 0 saturated carbocycles. The van der Waals surface area contributed by atoms with Gasteiger partial charge in [0.1, 0.15) is 6.61 Å². The van der Waals surface area contributed by atoms with Crippen LogP contribution in [-0.4, -0.2) is 47.7 Å². The van der Waals surface area contributed by atoms with Crippen LogP contribution in [0.1, 0.15) is 43.9 Å². The molecule has 7 nitrogen and oxygen atoms in total. The van der Waals surface area contributed by atoms with Crippen molar-refractivity contribution in [2.75, 3.05) is 29.9 Å². The average molecular weight is 494 g/mol. The van der Waals surface area contributed by atoms with Crippen molar-refractivity contribution in [2.24, 2.45) is 0 Å². The third-order valence-electron chi connectivity index (χ3n) is 6.86. The van der Waals surface area contributed by atoms with Gasteiger partial charge in [0.15, 0.2) is 5.72 Å². The lowest BCUT2D eigenvalue weighted by molar-refractivity contribution is -0.114. The highest BCUT2D eigenvalue weighted by atomic mass is 28.1. The minimum absolute atomic E-state index is 0.0871. The van der Waals surface area contributed by atoms with E-state index in [9.17, 15) is 9.59 Å². The molecule has 2 aromatic rings. The number of hydrogen-bond donors (Lipinski definition) is 2. The number of fused-ring (bicyclic) bond motifs is 3. The lowest BCUT2D eigenvalue weighted by atomic mass is 9.77. The number of nitrogens with one attached hydrogen (secondary N) is 2. The van der Waals surface area contributed by atoms with Crippen LogP contribution < -0.4 is 15.5 Å². The molecule has 35 heavy (non-hydrogen) atoms. The molecule has 2 aliphatic heterocycles. The fraction of sp³-hybridized carbons (Fsp3) is 0.407. The van der Waals surface area contributed by atoms with Gasteiger partial charge in [-0.1, -0.05) is 50.2 Å². The van der Waals surface area contributed by atoms with Gasteiger partial charge in [-0.2, -0.15) is 0 Å². The number of benzene rings is 2. The number of carbonyl (C=O) groups excluding carboxylic acids is 2. The van der Waals surface area contributed by atoms with Crippen LogP contribution >= 0.6 is 0 Å². The second-order valence-electron chi connectivity index (χ2n) is 9.67. The van der Waals surface area contributed by atoms with Crippen molar-refractivity contribution in [1.82, 2.24) is 5.32 Å². The molecule has 0 aliphatic carbocycles. The highest BCUT2D eigenvalue weighted by Crippen LogP contribution is 2.55. The van der Waals surface area contributed by atoms with E-state index < -0.39 is 5.72 Å². The molecule has 1 saturated heterocycles. The van der Waals surface area contributed by atoms with Crippen molar-refractivity contribution in [3.63, 3.8) is 0 Å². The van der Waals surface area contributed by atoms with E-state index in [2.05, 4.69) is 53.7 Å². The summed E-state index contributed by atoms with van der Waals surface area (Å²) in [6, 6.07) is 15.2. The van der Waals surface area contributed by atoms with Gasteiger partial charge >= 0.3 is 6.09 Å². The number of anilines is 2. The van der Waals surface area contributed by atoms with Crippen molar-refractivity contribution in [3.8, 4) is 0 Å². The van der Waals surface area contributed by atoms with E-state index in [1.165, 1.54) is 12.5 Å². The zero-order valence-electron chi connectivity index (χ0n) is 21.0. The summed E-state index contributed by atoms with van der Waals surface area (Å²) in [5.41, 5.74) is 4.20. The van der Waals surface area contributed by atoms with Crippen LogP contribution in [0.25, 0.3) is 6.08 Å². The Bertz CT molecular complexity index is 1120. The Labute approximate surface area is 210 Å². The fourth-order valence-corrected chi connectivity index (χ4v) is 5.32. The standard InChI is InChI=1S/C27H35N3O4Si/c1-19(31)29-22-8-5-20(6-9-22)11-12-27-26(2,3)23-10-7-21(17-24(23)30(27)14-15-34-27)18-33-25(32)28-13-4-16-35/h5-12,17H,4,13-16,18H2,1-3,35H3,(H,28,32)(H,29,31). The van der Waals surface area contributed by atoms with Gasteiger partial charge in [0, 0.05) is 47.0 Å². The molecular formula is C27H35N3O4Si. The zero-order chi connectivity index (χ0) is 25.1. The molecule has 2 aromatic carbocycles. The smallest absolute Gasteiger partial charge is 0.407 e. The van der Waals surface area contributed by atoms with E-state index in [0.717, 1.165) is 51.8 Å². The van der Waals surface area contributed by atoms with Crippen molar-refractivity contribution >= 4 is 39.7 Å². The molecule has 1 atom stereocenters. The van der Waals surface area contributed by atoms with E-state index in [-0.39, 0.29) is 24.0 Å². The van der Waals surface area contributed by atoms with Crippen LogP contribution in [0.2, 0.25) is 6.04 Å². The zero-order valence-corrected chi connectivity index (χ0v) is 23.0. The van der Waals surface area contributed by atoms with Gasteiger partial charge in [-0.3, -0.25) is 4.79 Å². The first-order valence-corrected chi connectivity index (χ1v) is 13.7. The Morgan fingerprint density at radius 3 is 2.69 bits per heavy atom. The topological polar surface area (TPSA) is 79.9 Å². The van der Waals surface area contributed by atoms with Crippen LogP contribution in [0, 0.1) is 0 Å². The SMILES string of the molecule is CC(=O)Nc1ccc(C=CC23OCCN2c2cc(COC(=O)NCCC[SiH3])ccc2C3(C)C)cc1. The first-order chi connectivity index (χ1) is 16.8. The summed E-state index contributed by atoms with van der Waals surface area (Å²) >= 11 is 0. The Kier molecular flexibility index (Phi) is 7.33. The number of carbonyl (C=O) groups is 2. The Balaban J connectivity index is 1.53. The van der Waals surface area contributed by atoms with Gasteiger partial charge < -0.3 is 25.0 Å². The quantitative estimate of drug-likeness (QED) is 0.434. The summed E-state index contributed by atoms with van der Waals surface area (Å²) < 4.78 is 11.9. The van der Waals surface area contributed by atoms with Crippen molar-refractivity contribution in [3.05, 3.63) is 65.2 Å². The van der Waals surface area contributed by atoms with E-state index in [0.29, 0.717) is 13.2 Å². The molecule has 1 fully saturated rings.